The fourth-order valence-corrected chi connectivity index (χ4v) is 1.62. The van der Waals surface area contributed by atoms with E-state index in [9.17, 15) is 13.2 Å². The van der Waals surface area contributed by atoms with Gasteiger partial charge in [-0.3, -0.25) is 4.68 Å². The third-order valence-electron chi connectivity index (χ3n) is 2.66. The molecule has 0 saturated heterocycles. The molecule has 102 valence electrons. The monoisotopic (exact) mass is 270 g/mol. The van der Waals surface area contributed by atoms with Crippen LogP contribution in [0.5, 0.6) is 0 Å². The highest BCUT2D eigenvalue weighted by atomic mass is 19.4. The van der Waals surface area contributed by atoms with Crippen LogP contribution in [-0.2, 0) is 6.18 Å². The molecule has 2 N–H and O–H groups in total. The van der Waals surface area contributed by atoms with Crippen LogP contribution in [0.2, 0.25) is 0 Å². The molecule has 0 aliphatic rings. The number of hydrogen-bond acceptors (Lipinski definition) is 3. The molecule has 0 amide bonds. The first-order valence-electron chi connectivity index (χ1n) is 5.67. The van der Waals surface area contributed by atoms with Gasteiger partial charge in [-0.15, -0.1) is 0 Å². The molecule has 0 bridgehead atoms. The summed E-state index contributed by atoms with van der Waals surface area (Å²) in [7, 11) is 0. The third-order valence-corrected chi connectivity index (χ3v) is 2.66. The number of pyridine rings is 1. The third kappa shape index (κ3) is 2.69. The highest BCUT2D eigenvalue weighted by Gasteiger charge is 2.34. The van der Waals surface area contributed by atoms with Crippen molar-refractivity contribution in [3.63, 3.8) is 0 Å². The van der Waals surface area contributed by atoms with Crippen molar-refractivity contribution in [3.8, 4) is 11.3 Å². The smallest absolute Gasteiger partial charge is 0.383 e. The molecule has 0 aromatic carbocycles. The summed E-state index contributed by atoms with van der Waals surface area (Å²) in [6.07, 6.45) is -1.52. The molecule has 2 heterocycles. The first-order chi connectivity index (χ1) is 8.79. The van der Waals surface area contributed by atoms with Gasteiger partial charge in [0.1, 0.15) is 5.82 Å². The summed E-state index contributed by atoms with van der Waals surface area (Å²) in [4.78, 5) is 3.58. The summed E-state index contributed by atoms with van der Waals surface area (Å²) in [5.74, 6) is -0.528. The van der Waals surface area contributed by atoms with Gasteiger partial charge in [0, 0.05) is 24.0 Å². The molecule has 2 rings (SSSR count). The van der Waals surface area contributed by atoms with Gasteiger partial charge in [-0.25, -0.2) is 4.98 Å². The van der Waals surface area contributed by atoms with Gasteiger partial charge in [0.15, 0.2) is 0 Å². The van der Waals surface area contributed by atoms with Crippen LogP contribution in [0.1, 0.15) is 25.5 Å². The number of halogens is 3. The van der Waals surface area contributed by atoms with Crippen molar-refractivity contribution in [1.82, 2.24) is 14.8 Å². The minimum Gasteiger partial charge on any atom is -0.383 e. The molecule has 7 heteroatoms. The molecular formula is C12H13F3N4. The van der Waals surface area contributed by atoms with Crippen LogP contribution in [0.25, 0.3) is 11.3 Å². The van der Waals surface area contributed by atoms with Gasteiger partial charge in [-0.1, -0.05) is 0 Å². The Bertz CT molecular complexity index is 587. The summed E-state index contributed by atoms with van der Waals surface area (Å²) in [6.45, 7) is 3.86. The quantitative estimate of drug-likeness (QED) is 0.912. The van der Waals surface area contributed by atoms with Crippen LogP contribution in [0, 0.1) is 0 Å². The van der Waals surface area contributed by atoms with Gasteiger partial charge >= 0.3 is 6.18 Å². The van der Waals surface area contributed by atoms with E-state index in [-0.39, 0.29) is 6.04 Å². The van der Waals surface area contributed by atoms with E-state index in [0.29, 0.717) is 11.3 Å². The van der Waals surface area contributed by atoms with Crippen LogP contribution in [0.3, 0.4) is 0 Å². The van der Waals surface area contributed by atoms with E-state index in [4.69, 9.17) is 5.73 Å². The number of rotatable bonds is 2. The molecule has 0 radical (unpaired) electrons. The number of hydrogen-bond donors (Lipinski definition) is 1. The van der Waals surface area contributed by atoms with E-state index in [1.54, 1.807) is 16.9 Å². The molecule has 0 aliphatic heterocycles. The Kier molecular flexibility index (Phi) is 3.21. The number of anilines is 1. The number of nitrogen functional groups attached to an aromatic ring is 1. The average molecular weight is 270 g/mol. The fraction of sp³-hybridized carbons (Fsp3) is 0.333. The van der Waals surface area contributed by atoms with Gasteiger partial charge in [0.2, 0.25) is 0 Å². The lowest BCUT2D eigenvalue weighted by atomic mass is 10.1. The number of nitrogens with zero attached hydrogens (tertiary/aromatic N) is 3. The molecule has 19 heavy (non-hydrogen) atoms. The normalized spacial score (nSPS) is 12.1. The lowest BCUT2D eigenvalue weighted by Crippen LogP contribution is -2.10. The van der Waals surface area contributed by atoms with Crippen molar-refractivity contribution < 1.29 is 13.2 Å². The van der Waals surface area contributed by atoms with Crippen molar-refractivity contribution in [2.45, 2.75) is 26.1 Å². The van der Waals surface area contributed by atoms with Crippen LogP contribution >= 0.6 is 0 Å². The summed E-state index contributed by atoms with van der Waals surface area (Å²) >= 11 is 0. The molecule has 4 nitrogen and oxygen atoms in total. The van der Waals surface area contributed by atoms with E-state index in [1.165, 1.54) is 6.20 Å². The van der Waals surface area contributed by atoms with Crippen LogP contribution in [0.15, 0.2) is 24.5 Å². The SMILES string of the molecule is CC(C)n1ccc(-c2cnc(N)c(C(F)(F)F)c2)n1. The van der Waals surface area contributed by atoms with E-state index in [2.05, 4.69) is 10.1 Å². The van der Waals surface area contributed by atoms with Crippen molar-refractivity contribution in [2.75, 3.05) is 5.73 Å². The predicted octanol–water partition coefficient (Wildman–Crippen LogP) is 3.13. The van der Waals surface area contributed by atoms with Crippen molar-refractivity contribution >= 4 is 5.82 Å². The topological polar surface area (TPSA) is 56.7 Å². The molecule has 0 spiro atoms. The standard InChI is InChI=1S/C12H13F3N4/c1-7(2)19-4-3-10(18-19)8-5-9(12(13,14)15)11(16)17-6-8/h3-7H,1-2H3,(H2,16,17). The zero-order chi connectivity index (χ0) is 14.2. The average Bonchev–Trinajstić information content (AvgIpc) is 2.77. The second kappa shape index (κ2) is 4.56. The first-order valence-corrected chi connectivity index (χ1v) is 5.67. The zero-order valence-electron chi connectivity index (χ0n) is 10.4. The van der Waals surface area contributed by atoms with E-state index in [1.807, 2.05) is 13.8 Å². The van der Waals surface area contributed by atoms with Gasteiger partial charge in [0.25, 0.3) is 0 Å². The second-order valence-electron chi connectivity index (χ2n) is 4.43. The van der Waals surface area contributed by atoms with Crippen LogP contribution < -0.4 is 5.73 Å². The number of alkyl halides is 3. The Morgan fingerprint density at radius 2 is 2.00 bits per heavy atom. The molecule has 0 unspecified atom stereocenters. The zero-order valence-corrected chi connectivity index (χ0v) is 10.4. The summed E-state index contributed by atoms with van der Waals surface area (Å²) in [6, 6.07) is 2.75. The first kappa shape index (κ1) is 13.4. The second-order valence-corrected chi connectivity index (χ2v) is 4.43. The van der Waals surface area contributed by atoms with E-state index in [0.717, 1.165) is 6.07 Å². The minimum atomic E-state index is -4.52. The molecule has 0 atom stereocenters. The Hall–Kier alpha value is -2.05. The van der Waals surface area contributed by atoms with Crippen LogP contribution in [-0.4, -0.2) is 14.8 Å². The Morgan fingerprint density at radius 1 is 1.32 bits per heavy atom. The Labute approximate surface area is 108 Å². The molecule has 0 fully saturated rings. The van der Waals surface area contributed by atoms with Gasteiger partial charge in [0.05, 0.1) is 11.3 Å². The molecule has 2 aromatic rings. The Balaban J connectivity index is 2.45. The fourth-order valence-electron chi connectivity index (χ4n) is 1.62. The molecule has 0 aliphatic carbocycles. The highest BCUT2D eigenvalue weighted by molar-refractivity contribution is 5.61. The van der Waals surface area contributed by atoms with Crippen LogP contribution in [0.4, 0.5) is 19.0 Å². The van der Waals surface area contributed by atoms with Gasteiger partial charge in [-0.2, -0.15) is 18.3 Å². The van der Waals surface area contributed by atoms with Crippen molar-refractivity contribution in [2.24, 2.45) is 0 Å². The predicted molar refractivity (Wildman–Crippen MR) is 65.3 cm³/mol. The van der Waals surface area contributed by atoms with Crippen molar-refractivity contribution in [1.29, 1.82) is 0 Å². The van der Waals surface area contributed by atoms with Gasteiger partial charge in [-0.05, 0) is 26.0 Å². The van der Waals surface area contributed by atoms with E-state index >= 15 is 0 Å². The van der Waals surface area contributed by atoms with E-state index < -0.39 is 17.6 Å². The lowest BCUT2D eigenvalue weighted by Gasteiger charge is -2.10. The maximum Gasteiger partial charge on any atom is 0.419 e. The van der Waals surface area contributed by atoms with Gasteiger partial charge < -0.3 is 5.73 Å². The summed E-state index contributed by atoms with van der Waals surface area (Å²) < 4.78 is 39.9. The largest absolute Gasteiger partial charge is 0.419 e. The molecule has 2 aromatic heterocycles. The highest BCUT2D eigenvalue weighted by Crippen LogP contribution is 2.34. The maximum absolute atomic E-state index is 12.7. The number of nitrogens with two attached hydrogens (primary N) is 1. The maximum atomic E-state index is 12.7. The number of aromatic nitrogens is 3. The minimum absolute atomic E-state index is 0.137. The Morgan fingerprint density at radius 3 is 2.53 bits per heavy atom. The van der Waals surface area contributed by atoms with Crippen molar-refractivity contribution in [3.05, 3.63) is 30.1 Å². The summed E-state index contributed by atoms with van der Waals surface area (Å²) in [5.41, 5.74) is 5.04. The molecule has 0 saturated carbocycles. The molecular weight excluding hydrogens is 257 g/mol. The lowest BCUT2D eigenvalue weighted by molar-refractivity contribution is -0.137. The summed E-state index contributed by atoms with van der Waals surface area (Å²) in [5, 5.41) is 4.20.